The van der Waals surface area contributed by atoms with E-state index in [2.05, 4.69) is 24.2 Å². The van der Waals surface area contributed by atoms with E-state index in [1.54, 1.807) is 12.0 Å². The van der Waals surface area contributed by atoms with Crippen LogP contribution >= 0.6 is 0 Å². The fourth-order valence-corrected chi connectivity index (χ4v) is 3.17. The maximum atomic E-state index is 12.1. The summed E-state index contributed by atoms with van der Waals surface area (Å²) in [6, 6.07) is 4.33. The maximum absolute atomic E-state index is 12.1. The first-order valence-electron chi connectivity index (χ1n) is 8.86. The van der Waals surface area contributed by atoms with Crippen LogP contribution in [0.5, 0.6) is 5.75 Å². The van der Waals surface area contributed by atoms with Crippen LogP contribution in [0.25, 0.3) is 11.1 Å². The molecule has 1 fully saturated rings. The number of hydrogen-bond acceptors (Lipinski definition) is 4. The molecule has 0 radical (unpaired) electrons. The van der Waals surface area contributed by atoms with Gasteiger partial charge in [-0.2, -0.15) is 5.10 Å². The van der Waals surface area contributed by atoms with E-state index in [9.17, 15) is 4.79 Å². The minimum Gasteiger partial charge on any atom is -0.496 e. The third-order valence-corrected chi connectivity index (χ3v) is 4.55. The highest BCUT2D eigenvalue weighted by Crippen LogP contribution is 2.36. The van der Waals surface area contributed by atoms with Crippen molar-refractivity contribution in [3.8, 4) is 16.9 Å². The Hall–Kier alpha value is -2.50. The van der Waals surface area contributed by atoms with Crippen LogP contribution in [-0.2, 0) is 4.74 Å². The Morgan fingerprint density at radius 3 is 2.46 bits per heavy atom. The average Bonchev–Trinajstić information content (AvgIpc) is 2.94. The van der Waals surface area contributed by atoms with Gasteiger partial charge in [-0.25, -0.2) is 4.79 Å². The number of carbonyl (C=O) groups excluding carboxylic acids is 1. The van der Waals surface area contributed by atoms with Gasteiger partial charge in [-0.05, 0) is 45.7 Å². The molecule has 140 valence electrons. The number of amides is 1. The molecule has 0 N–H and O–H groups in total. The maximum Gasteiger partial charge on any atom is 0.410 e. The highest BCUT2D eigenvalue weighted by Gasteiger charge is 2.35. The lowest BCUT2D eigenvalue weighted by atomic mass is 9.99. The van der Waals surface area contributed by atoms with Gasteiger partial charge in [0.2, 0.25) is 0 Å². The highest BCUT2D eigenvalue weighted by molar-refractivity contribution is 5.74. The molecule has 0 atom stereocenters. The molecule has 1 aliphatic heterocycles. The van der Waals surface area contributed by atoms with Crippen LogP contribution in [0.2, 0.25) is 0 Å². The summed E-state index contributed by atoms with van der Waals surface area (Å²) in [5.41, 5.74) is 3.87. The van der Waals surface area contributed by atoms with Crippen LogP contribution in [-0.4, -0.2) is 46.6 Å². The molecule has 1 amide bonds. The van der Waals surface area contributed by atoms with Crippen molar-refractivity contribution < 1.29 is 14.3 Å². The summed E-state index contributed by atoms with van der Waals surface area (Å²) < 4.78 is 12.9. The van der Waals surface area contributed by atoms with Gasteiger partial charge < -0.3 is 14.4 Å². The first-order chi connectivity index (χ1) is 12.2. The highest BCUT2D eigenvalue weighted by atomic mass is 16.6. The molecular weight excluding hydrogens is 330 g/mol. The minimum atomic E-state index is -0.472. The van der Waals surface area contributed by atoms with Gasteiger partial charge in [0, 0.05) is 30.4 Å². The lowest BCUT2D eigenvalue weighted by molar-refractivity contribution is -0.000380. The quantitative estimate of drug-likeness (QED) is 0.834. The number of rotatable bonds is 3. The fraction of sp³-hybridized carbons (Fsp3) is 0.500. The van der Waals surface area contributed by atoms with E-state index >= 15 is 0 Å². The Morgan fingerprint density at radius 1 is 1.19 bits per heavy atom. The third-order valence-electron chi connectivity index (χ3n) is 4.55. The molecule has 0 unspecified atom stereocenters. The lowest BCUT2D eigenvalue weighted by Gasteiger charge is -2.39. The zero-order valence-corrected chi connectivity index (χ0v) is 16.4. The summed E-state index contributed by atoms with van der Waals surface area (Å²) in [6.07, 6.45) is 3.62. The summed E-state index contributed by atoms with van der Waals surface area (Å²) in [7, 11) is 1.69. The number of benzene rings is 1. The number of likely N-dealkylation sites (tertiary alicyclic amines) is 1. The van der Waals surface area contributed by atoms with E-state index < -0.39 is 5.60 Å². The third kappa shape index (κ3) is 3.54. The Bertz CT molecular complexity index is 814. The molecule has 0 saturated carbocycles. The fourth-order valence-electron chi connectivity index (χ4n) is 3.17. The van der Waals surface area contributed by atoms with Crippen molar-refractivity contribution >= 4 is 6.09 Å². The first-order valence-corrected chi connectivity index (χ1v) is 8.86. The summed E-state index contributed by atoms with van der Waals surface area (Å²) in [4.78, 5) is 13.8. The first kappa shape index (κ1) is 18.3. The van der Waals surface area contributed by atoms with Gasteiger partial charge in [-0.1, -0.05) is 12.1 Å². The molecule has 0 spiro atoms. The molecule has 1 saturated heterocycles. The van der Waals surface area contributed by atoms with Crippen molar-refractivity contribution in [1.29, 1.82) is 0 Å². The number of methoxy groups -OCH3 is 1. The van der Waals surface area contributed by atoms with E-state index in [4.69, 9.17) is 9.47 Å². The van der Waals surface area contributed by atoms with Crippen molar-refractivity contribution in [1.82, 2.24) is 14.7 Å². The van der Waals surface area contributed by atoms with Crippen molar-refractivity contribution in [3.63, 3.8) is 0 Å². The average molecular weight is 357 g/mol. The molecule has 1 aliphatic rings. The number of ether oxygens (including phenoxy) is 2. The number of aromatic nitrogens is 2. The van der Waals surface area contributed by atoms with Gasteiger partial charge in [0.05, 0.1) is 19.3 Å². The SMILES string of the molecule is COc1c(C)ccc(C)c1-c1cnn(C2CN(C(=O)OC(C)(C)C)C2)c1. The smallest absolute Gasteiger partial charge is 0.410 e. The molecule has 26 heavy (non-hydrogen) atoms. The number of nitrogens with zero attached hydrogens (tertiary/aromatic N) is 3. The van der Waals surface area contributed by atoms with Crippen molar-refractivity contribution in [2.24, 2.45) is 0 Å². The summed E-state index contributed by atoms with van der Waals surface area (Å²) >= 11 is 0. The van der Waals surface area contributed by atoms with Crippen molar-refractivity contribution in [2.75, 3.05) is 20.2 Å². The predicted molar refractivity (Wildman–Crippen MR) is 101 cm³/mol. The Labute approximate surface area is 154 Å². The van der Waals surface area contributed by atoms with Gasteiger partial charge in [0.1, 0.15) is 11.4 Å². The van der Waals surface area contributed by atoms with Gasteiger partial charge in [0.15, 0.2) is 0 Å². The van der Waals surface area contributed by atoms with E-state index in [0.717, 1.165) is 28.0 Å². The Kier molecular flexibility index (Phi) is 4.69. The summed E-state index contributed by atoms with van der Waals surface area (Å²) in [5.74, 6) is 0.883. The molecule has 6 heteroatoms. The zero-order valence-electron chi connectivity index (χ0n) is 16.4. The van der Waals surface area contributed by atoms with Crippen LogP contribution in [0.1, 0.15) is 37.9 Å². The molecule has 2 heterocycles. The topological polar surface area (TPSA) is 56.6 Å². The van der Waals surface area contributed by atoms with Crippen molar-refractivity contribution in [3.05, 3.63) is 35.7 Å². The Morgan fingerprint density at radius 2 is 1.85 bits per heavy atom. The van der Waals surface area contributed by atoms with E-state index in [1.165, 1.54) is 0 Å². The number of aryl methyl sites for hydroxylation is 2. The van der Waals surface area contributed by atoms with Crippen LogP contribution < -0.4 is 4.74 Å². The number of hydrogen-bond donors (Lipinski definition) is 0. The molecule has 0 aliphatic carbocycles. The van der Waals surface area contributed by atoms with Crippen LogP contribution in [0.4, 0.5) is 4.79 Å². The monoisotopic (exact) mass is 357 g/mol. The summed E-state index contributed by atoms with van der Waals surface area (Å²) in [6.45, 7) is 11.0. The van der Waals surface area contributed by atoms with Gasteiger partial charge in [0.25, 0.3) is 0 Å². The van der Waals surface area contributed by atoms with Gasteiger partial charge >= 0.3 is 6.09 Å². The van der Waals surface area contributed by atoms with Crippen molar-refractivity contribution in [2.45, 2.75) is 46.3 Å². The molecule has 2 aromatic rings. The normalized spacial score (nSPS) is 14.9. The molecule has 1 aromatic heterocycles. The van der Waals surface area contributed by atoms with Gasteiger partial charge in [-0.3, -0.25) is 4.68 Å². The van der Waals surface area contributed by atoms with E-state index in [-0.39, 0.29) is 12.1 Å². The molecule has 3 rings (SSSR count). The van der Waals surface area contributed by atoms with E-state index in [1.807, 2.05) is 44.8 Å². The lowest BCUT2D eigenvalue weighted by Crippen LogP contribution is -2.52. The van der Waals surface area contributed by atoms with E-state index in [0.29, 0.717) is 13.1 Å². The largest absolute Gasteiger partial charge is 0.496 e. The molecule has 1 aromatic carbocycles. The second kappa shape index (κ2) is 6.67. The molecular formula is C20H27N3O3. The van der Waals surface area contributed by atoms with Crippen LogP contribution in [0.3, 0.4) is 0 Å². The zero-order chi connectivity index (χ0) is 19.1. The summed E-state index contributed by atoms with van der Waals surface area (Å²) in [5, 5.41) is 4.51. The molecule has 6 nitrogen and oxygen atoms in total. The predicted octanol–water partition coefficient (Wildman–Crippen LogP) is 3.97. The Balaban J connectivity index is 1.73. The number of carbonyl (C=O) groups is 1. The van der Waals surface area contributed by atoms with Gasteiger partial charge in [-0.15, -0.1) is 0 Å². The minimum absolute atomic E-state index is 0.173. The molecule has 0 bridgehead atoms. The second-order valence-electron chi connectivity index (χ2n) is 7.86. The van der Waals surface area contributed by atoms with Crippen LogP contribution in [0.15, 0.2) is 24.5 Å². The second-order valence-corrected chi connectivity index (χ2v) is 7.86. The van der Waals surface area contributed by atoms with Crippen LogP contribution in [0, 0.1) is 13.8 Å². The standard InChI is InChI=1S/C20H27N3O3/c1-13-7-8-14(2)18(25-6)17(13)15-9-21-23(10-15)16-11-22(12-16)19(24)26-20(3,4)5/h7-10,16H,11-12H2,1-6H3.